The Kier molecular flexibility index (Phi) is 61.1. The number of esters is 4. The number of carbonyl (C=O) groups is 4. The number of ether oxygens (including phenoxy) is 4. The molecule has 0 aromatic carbocycles. The van der Waals surface area contributed by atoms with Crippen LogP contribution in [-0.4, -0.2) is 96.7 Å². The van der Waals surface area contributed by atoms with E-state index in [0.29, 0.717) is 25.7 Å². The first kappa shape index (κ1) is 86.1. The first-order valence-electron chi connectivity index (χ1n) is 36.1. The maximum Gasteiger partial charge on any atom is 0.472 e. The lowest BCUT2D eigenvalue weighted by atomic mass is 10.0. The van der Waals surface area contributed by atoms with E-state index >= 15 is 0 Å². The van der Waals surface area contributed by atoms with Crippen LogP contribution in [0.4, 0.5) is 0 Å². The second-order valence-corrected chi connectivity index (χ2v) is 28.3. The zero-order chi connectivity index (χ0) is 64.9. The molecule has 0 aliphatic carbocycles. The van der Waals surface area contributed by atoms with Crippen LogP contribution in [0.25, 0.3) is 0 Å². The molecule has 0 rings (SSSR count). The molecule has 0 radical (unpaired) electrons. The van der Waals surface area contributed by atoms with Gasteiger partial charge in [-0.1, -0.05) is 304 Å². The number of aliphatic hydroxyl groups excluding tert-OH is 1. The zero-order valence-electron chi connectivity index (χ0n) is 56.9. The number of aliphatic hydroxyl groups is 1. The van der Waals surface area contributed by atoms with E-state index in [1.165, 1.54) is 161 Å². The average Bonchev–Trinajstić information content (AvgIpc) is 3.62. The number of unbranched alkanes of at least 4 members (excludes halogenated alkanes) is 41. The summed E-state index contributed by atoms with van der Waals surface area (Å²) in [6, 6.07) is 0. The standard InChI is InChI=1S/C69H134O17P2/c1-6-9-12-15-18-20-21-22-23-24-25-26-27-32-35-40-45-50-55-69(74)86-65(59-80-67(72)53-48-43-39-34-31-29-28-30-33-37-41-46-51-62(4)5)61-84-88(77,78)82-57-63(70)56-81-87(75,76)83-60-64(58-79-66(71)52-47-42-36-17-14-11-8-3)85-68(73)54-49-44-38-19-16-13-10-7-2/h62-65,70H,6-61H2,1-5H3,(H,75,76)(H,77,78)/t63-,64+,65+/m0/s1. The van der Waals surface area contributed by atoms with Gasteiger partial charge in [-0.3, -0.25) is 37.3 Å². The fourth-order valence-corrected chi connectivity index (χ4v) is 12.0. The first-order chi connectivity index (χ1) is 42.5. The van der Waals surface area contributed by atoms with Gasteiger partial charge in [0.1, 0.15) is 19.3 Å². The topological polar surface area (TPSA) is 237 Å². The third-order valence-electron chi connectivity index (χ3n) is 16.0. The minimum Gasteiger partial charge on any atom is -0.462 e. The van der Waals surface area contributed by atoms with E-state index in [9.17, 15) is 43.2 Å². The van der Waals surface area contributed by atoms with Crippen molar-refractivity contribution in [2.45, 2.75) is 374 Å². The molecule has 0 spiro atoms. The second kappa shape index (κ2) is 62.5. The van der Waals surface area contributed by atoms with E-state index in [1.807, 2.05) is 0 Å². The maximum atomic E-state index is 13.0. The highest BCUT2D eigenvalue weighted by atomic mass is 31.2. The summed E-state index contributed by atoms with van der Waals surface area (Å²) in [5.74, 6) is -1.35. The van der Waals surface area contributed by atoms with Gasteiger partial charge in [0.25, 0.3) is 0 Å². The van der Waals surface area contributed by atoms with Crippen molar-refractivity contribution >= 4 is 39.5 Å². The lowest BCUT2D eigenvalue weighted by Gasteiger charge is -2.21. The van der Waals surface area contributed by atoms with Crippen LogP contribution >= 0.6 is 15.6 Å². The molecular weight excluding hydrogens is 1160 g/mol. The molecule has 5 atom stereocenters. The van der Waals surface area contributed by atoms with Crippen LogP contribution in [-0.2, 0) is 65.4 Å². The Balaban J connectivity index is 5.16. The van der Waals surface area contributed by atoms with Gasteiger partial charge in [0, 0.05) is 25.7 Å². The molecule has 522 valence electrons. The monoisotopic (exact) mass is 1300 g/mol. The first-order valence-corrected chi connectivity index (χ1v) is 39.1. The summed E-state index contributed by atoms with van der Waals surface area (Å²) in [6.45, 7) is 7.18. The molecule has 0 aliphatic rings. The van der Waals surface area contributed by atoms with Crippen LogP contribution in [0.1, 0.15) is 356 Å². The minimum absolute atomic E-state index is 0.105. The molecule has 2 unspecified atom stereocenters. The molecule has 0 amide bonds. The zero-order valence-corrected chi connectivity index (χ0v) is 58.6. The molecule has 0 fully saturated rings. The summed E-state index contributed by atoms with van der Waals surface area (Å²) in [6.07, 6.45) is 48.8. The lowest BCUT2D eigenvalue weighted by molar-refractivity contribution is -0.161. The highest BCUT2D eigenvalue weighted by Gasteiger charge is 2.30. The molecular formula is C69H134O17P2. The number of hydrogen-bond donors (Lipinski definition) is 3. The fourth-order valence-electron chi connectivity index (χ4n) is 10.5. The number of phosphoric acid groups is 2. The molecule has 0 heterocycles. The molecule has 19 heteroatoms. The summed E-state index contributed by atoms with van der Waals surface area (Å²) >= 11 is 0. The summed E-state index contributed by atoms with van der Waals surface area (Å²) < 4.78 is 68.0. The quantitative estimate of drug-likeness (QED) is 0.0222. The van der Waals surface area contributed by atoms with Crippen LogP contribution in [0.5, 0.6) is 0 Å². The predicted octanol–water partition coefficient (Wildman–Crippen LogP) is 19.7. The number of hydrogen-bond acceptors (Lipinski definition) is 15. The van der Waals surface area contributed by atoms with Gasteiger partial charge in [-0.15, -0.1) is 0 Å². The van der Waals surface area contributed by atoms with E-state index in [2.05, 4.69) is 34.6 Å². The Hall–Kier alpha value is -1.94. The molecule has 3 N–H and O–H groups in total. The molecule has 0 bridgehead atoms. The van der Waals surface area contributed by atoms with Gasteiger partial charge >= 0.3 is 39.5 Å². The second-order valence-electron chi connectivity index (χ2n) is 25.4. The Morgan fingerprint density at radius 2 is 0.523 bits per heavy atom. The number of phosphoric ester groups is 2. The van der Waals surface area contributed by atoms with E-state index in [4.69, 9.17) is 37.0 Å². The lowest BCUT2D eigenvalue weighted by Crippen LogP contribution is -2.30. The van der Waals surface area contributed by atoms with Crippen molar-refractivity contribution in [2.75, 3.05) is 39.6 Å². The Morgan fingerprint density at radius 1 is 0.307 bits per heavy atom. The van der Waals surface area contributed by atoms with E-state index in [1.54, 1.807) is 0 Å². The smallest absolute Gasteiger partial charge is 0.462 e. The van der Waals surface area contributed by atoms with Crippen molar-refractivity contribution in [2.24, 2.45) is 5.92 Å². The Labute approximate surface area is 537 Å². The van der Waals surface area contributed by atoms with Gasteiger partial charge in [0.15, 0.2) is 12.2 Å². The third-order valence-corrected chi connectivity index (χ3v) is 17.9. The van der Waals surface area contributed by atoms with Gasteiger partial charge in [0.05, 0.1) is 26.4 Å². The fraction of sp³-hybridized carbons (Fsp3) is 0.942. The molecule has 0 aromatic heterocycles. The van der Waals surface area contributed by atoms with Gasteiger partial charge in [-0.05, 0) is 31.6 Å². The van der Waals surface area contributed by atoms with Crippen molar-refractivity contribution < 1.29 is 80.2 Å². The average molecular weight is 1300 g/mol. The summed E-state index contributed by atoms with van der Waals surface area (Å²) in [4.78, 5) is 72.3. The molecule has 88 heavy (non-hydrogen) atoms. The summed E-state index contributed by atoms with van der Waals surface area (Å²) in [5.41, 5.74) is 0. The SMILES string of the molecule is CCCCCCCCCCCCCCCCCCCCC(=O)O[C@H](COC(=O)CCCCCCCCCCCCCCC(C)C)COP(=O)(O)OC[C@@H](O)COP(=O)(O)OC[C@@H](COC(=O)CCCCCCCCC)OC(=O)CCCCCCCCCC. The van der Waals surface area contributed by atoms with Crippen LogP contribution < -0.4 is 0 Å². The van der Waals surface area contributed by atoms with Crippen molar-refractivity contribution in [1.82, 2.24) is 0 Å². The van der Waals surface area contributed by atoms with Crippen LogP contribution in [0, 0.1) is 5.92 Å². The summed E-state index contributed by atoms with van der Waals surface area (Å²) in [7, 11) is -9.89. The normalized spacial score (nSPS) is 14.1. The van der Waals surface area contributed by atoms with E-state index in [0.717, 1.165) is 115 Å². The van der Waals surface area contributed by atoms with Gasteiger partial charge in [-0.2, -0.15) is 0 Å². The van der Waals surface area contributed by atoms with Crippen molar-refractivity contribution in [1.29, 1.82) is 0 Å². The van der Waals surface area contributed by atoms with Crippen molar-refractivity contribution in [3.05, 3.63) is 0 Å². The van der Waals surface area contributed by atoms with Crippen LogP contribution in [0.3, 0.4) is 0 Å². The van der Waals surface area contributed by atoms with Crippen molar-refractivity contribution in [3.8, 4) is 0 Å². The van der Waals surface area contributed by atoms with Crippen LogP contribution in [0.2, 0.25) is 0 Å². The maximum absolute atomic E-state index is 13.0. The number of rotatable bonds is 69. The third kappa shape index (κ3) is 62.8. The van der Waals surface area contributed by atoms with Crippen molar-refractivity contribution in [3.63, 3.8) is 0 Å². The van der Waals surface area contributed by atoms with E-state index in [-0.39, 0.29) is 25.7 Å². The minimum atomic E-state index is -4.95. The molecule has 0 saturated carbocycles. The largest absolute Gasteiger partial charge is 0.472 e. The van der Waals surface area contributed by atoms with E-state index < -0.39 is 97.5 Å². The van der Waals surface area contributed by atoms with Gasteiger partial charge in [-0.25, -0.2) is 9.13 Å². The van der Waals surface area contributed by atoms with Crippen LogP contribution in [0.15, 0.2) is 0 Å². The number of carbonyl (C=O) groups excluding carboxylic acids is 4. The summed E-state index contributed by atoms with van der Waals surface area (Å²) in [5, 5.41) is 10.5. The molecule has 0 aromatic rings. The Bertz CT molecular complexity index is 1700. The highest BCUT2D eigenvalue weighted by Crippen LogP contribution is 2.45. The van der Waals surface area contributed by atoms with Gasteiger partial charge in [0.2, 0.25) is 0 Å². The molecule has 0 saturated heterocycles. The highest BCUT2D eigenvalue weighted by molar-refractivity contribution is 7.47. The van der Waals surface area contributed by atoms with Gasteiger partial charge < -0.3 is 33.8 Å². The predicted molar refractivity (Wildman–Crippen MR) is 354 cm³/mol. The molecule has 17 nitrogen and oxygen atoms in total. The molecule has 0 aliphatic heterocycles. The Morgan fingerprint density at radius 3 is 0.773 bits per heavy atom.